The Labute approximate surface area is 233 Å². The Bertz CT molecular complexity index is 1500. The van der Waals surface area contributed by atoms with Gasteiger partial charge in [0.15, 0.2) is 0 Å². The molecule has 212 valence electrons. The van der Waals surface area contributed by atoms with E-state index < -0.39 is 16.9 Å². The molecule has 40 heavy (non-hydrogen) atoms. The average molecular weight is 550 g/mol. The summed E-state index contributed by atoms with van der Waals surface area (Å²) in [4.78, 5) is 22.8. The fraction of sp³-hybridized carbons (Fsp3) is 0.484. The summed E-state index contributed by atoms with van der Waals surface area (Å²) in [5, 5.41) is 24.1. The Morgan fingerprint density at radius 3 is 2.65 bits per heavy atom. The predicted molar refractivity (Wildman–Crippen MR) is 152 cm³/mol. The first-order valence-electron chi connectivity index (χ1n) is 13.9. The van der Waals surface area contributed by atoms with Crippen molar-refractivity contribution in [2.45, 2.75) is 95.7 Å². The number of aryl methyl sites for hydroxylation is 2. The number of benzene rings is 1. The van der Waals surface area contributed by atoms with Gasteiger partial charge in [0, 0.05) is 24.2 Å². The average Bonchev–Trinajstić information content (AvgIpc) is 3.72. The van der Waals surface area contributed by atoms with Crippen LogP contribution in [0, 0.1) is 18.3 Å². The summed E-state index contributed by atoms with van der Waals surface area (Å²) in [5.41, 5.74) is -2.03. The van der Waals surface area contributed by atoms with E-state index in [9.17, 15) is 15.2 Å². The van der Waals surface area contributed by atoms with Crippen LogP contribution >= 0.6 is 0 Å². The van der Waals surface area contributed by atoms with Gasteiger partial charge >= 0.3 is 5.92 Å². The number of hydrogen-bond acceptors (Lipinski definition) is 6. The molecule has 1 atom stereocenters. The molecule has 7 nitrogen and oxygen atoms in total. The number of alkyl halides is 2. The van der Waals surface area contributed by atoms with Gasteiger partial charge in [-0.2, -0.15) is 14.0 Å². The highest BCUT2D eigenvalue weighted by atomic mass is 19.3. The molecule has 0 radical (unpaired) electrons. The van der Waals surface area contributed by atoms with E-state index in [0.29, 0.717) is 53.2 Å². The van der Waals surface area contributed by atoms with Crippen molar-refractivity contribution in [1.82, 2.24) is 14.5 Å². The van der Waals surface area contributed by atoms with E-state index in [2.05, 4.69) is 34.9 Å². The Morgan fingerprint density at radius 2 is 2.00 bits per heavy atom. The molecule has 4 rings (SSSR count). The lowest BCUT2D eigenvalue weighted by molar-refractivity contribution is -0.176. The molecule has 1 saturated carbocycles. The minimum Gasteiger partial charge on any atom is -0.383 e. The summed E-state index contributed by atoms with van der Waals surface area (Å²) in [7, 11) is 0. The number of aliphatic hydroxyl groups is 1. The first-order chi connectivity index (χ1) is 19.0. The molecule has 9 heteroatoms. The van der Waals surface area contributed by atoms with E-state index >= 15 is 8.78 Å². The molecule has 2 N–H and O–H groups in total. The second-order valence-corrected chi connectivity index (χ2v) is 11.0. The van der Waals surface area contributed by atoms with Crippen LogP contribution in [0.1, 0.15) is 81.3 Å². The second kappa shape index (κ2) is 11.5. The van der Waals surface area contributed by atoms with Gasteiger partial charge < -0.3 is 10.4 Å². The summed E-state index contributed by atoms with van der Waals surface area (Å²) in [6, 6.07) is 9.98. The largest absolute Gasteiger partial charge is 0.383 e. The minimum absolute atomic E-state index is 0.174. The molecule has 0 bridgehead atoms. The lowest BCUT2D eigenvalue weighted by atomic mass is 9.88. The molecule has 2 heterocycles. The second-order valence-electron chi connectivity index (χ2n) is 11.0. The molecule has 2 aromatic heterocycles. The molecule has 1 aliphatic carbocycles. The number of nitriles is 1. The summed E-state index contributed by atoms with van der Waals surface area (Å²) in [5.74, 6) is -2.56. The van der Waals surface area contributed by atoms with Crippen molar-refractivity contribution in [3.8, 4) is 6.07 Å². The lowest BCUT2D eigenvalue weighted by Crippen LogP contribution is -2.42. The summed E-state index contributed by atoms with van der Waals surface area (Å²) < 4.78 is 32.0. The van der Waals surface area contributed by atoms with Gasteiger partial charge in [0.1, 0.15) is 22.9 Å². The van der Waals surface area contributed by atoms with Crippen LogP contribution in [0.25, 0.3) is 11.0 Å². The lowest BCUT2D eigenvalue weighted by Gasteiger charge is -2.32. The van der Waals surface area contributed by atoms with Gasteiger partial charge in [-0.3, -0.25) is 9.36 Å². The number of aromatic nitrogens is 3. The molecule has 1 aromatic carbocycles. The Morgan fingerprint density at radius 1 is 1.25 bits per heavy atom. The van der Waals surface area contributed by atoms with Gasteiger partial charge in [-0.05, 0) is 57.2 Å². The first kappa shape index (κ1) is 29.3. The van der Waals surface area contributed by atoms with Crippen molar-refractivity contribution in [2.75, 3.05) is 5.32 Å². The fourth-order valence-corrected chi connectivity index (χ4v) is 5.08. The molecule has 1 unspecified atom stereocenters. The van der Waals surface area contributed by atoms with Crippen molar-refractivity contribution in [1.29, 1.82) is 5.26 Å². The maximum Gasteiger partial charge on any atom is 0.301 e. The number of halogens is 2. The summed E-state index contributed by atoms with van der Waals surface area (Å²) >= 11 is 0. The number of rotatable bonds is 13. The molecule has 0 amide bonds. The number of nitrogens with one attached hydrogen (secondary N) is 1. The molecule has 1 fully saturated rings. The van der Waals surface area contributed by atoms with Gasteiger partial charge in [-0.15, -0.1) is 6.58 Å². The third-order valence-electron chi connectivity index (χ3n) is 7.74. The first-order valence-corrected chi connectivity index (χ1v) is 13.9. The van der Waals surface area contributed by atoms with E-state index in [1.807, 2.05) is 0 Å². The van der Waals surface area contributed by atoms with Crippen molar-refractivity contribution in [3.63, 3.8) is 0 Å². The Kier molecular flexibility index (Phi) is 8.41. The summed E-state index contributed by atoms with van der Waals surface area (Å²) in [6.07, 6.45) is 6.21. The van der Waals surface area contributed by atoms with E-state index in [1.54, 1.807) is 23.6 Å². The van der Waals surface area contributed by atoms with Gasteiger partial charge in [0.05, 0.1) is 16.9 Å². The third kappa shape index (κ3) is 5.64. The Hall–Kier alpha value is -3.64. The van der Waals surface area contributed by atoms with Gasteiger partial charge in [0.2, 0.25) is 0 Å². The predicted octanol–water partition coefficient (Wildman–Crippen LogP) is 6.27. The molecule has 3 aromatic rings. The zero-order valence-corrected chi connectivity index (χ0v) is 23.4. The third-order valence-corrected chi connectivity index (χ3v) is 7.74. The molecule has 0 saturated heterocycles. The standard InChI is InChI=1S/C31H37F2N5O2/c1-5-7-8-9-16-38-27-24(18-25(28(38)39)30(20-34)14-15-30)26(36-21(3)37-27)35-19-22-11-10-12-23(17-22)31(32,33)29(4,40)13-6-2/h6,10-12,17-18,40H,2,5,7-9,13-16,19H2,1,3-4H3,(H,35,36,37). The van der Waals surface area contributed by atoms with Crippen LogP contribution in [0.2, 0.25) is 0 Å². The number of nitrogens with zero attached hydrogens (tertiary/aromatic N) is 4. The minimum atomic E-state index is -3.49. The highest BCUT2D eigenvalue weighted by Gasteiger charge is 2.49. The number of hydrogen-bond donors (Lipinski definition) is 2. The number of unbranched alkanes of at least 4 members (excludes halogenated alkanes) is 3. The van der Waals surface area contributed by atoms with Crippen molar-refractivity contribution >= 4 is 16.9 Å². The quantitative estimate of drug-likeness (QED) is 0.192. The van der Waals surface area contributed by atoms with E-state index in [0.717, 1.165) is 32.6 Å². The maximum absolute atomic E-state index is 15.2. The molecular weight excluding hydrogens is 512 g/mol. The summed E-state index contributed by atoms with van der Waals surface area (Å²) in [6.45, 7) is 9.11. The van der Waals surface area contributed by atoms with Crippen LogP contribution in [0.15, 0.2) is 47.8 Å². The van der Waals surface area contributed by atoms with Crippen LogP contribution < -0.4 is 10.9 Å². The highest BCUT2D eigenvalue weighted by molar-refractivity contribution is 5.87. The number of anilines is 1. The molecule has 1 aliphatic rings. The Balaban J connectivity index is 1.72. The van der Waals surface area contributed by atoms with Crippen LogP contribution in [0.4, 0.5) is 14.6 Å². The maximum atomic E-state index is 15.2. The fourth-order valence-electron chi connectivity index (χ4n) is 5.08. The normalized spacial score (nSPS) is 15.8. The van der Waals surface area contributed by atoms with E-state index in [4.69, 9.17) is 0 Å². The SMILES string of the molecule is C=CCC(C)(O)C(F)(F)c1cccc(CNc2nc(C)nc3c2cc(C2(C#N)CC2)c(=O)n3CCCCCC)c1. The highest BCUT2D eigenvalue weighted by Crippen LogP contribution is 2.47. The number of pyridine rings is 1. The van der Waals surface area contributed by atoms with Crippen LogP contribution in [0.3, 0.4) is 0 Å². The zero-order chi connectivity index (χ0) is 29.1. The van der Waals surface area contributed by atoms with E-state index in [1.165, 1.54) is 24.3 Å². The van der Waals surface area contributed by atoms with Crippen molar-refractivity contribution in [3.05, 3.63) is 75.9 Å². The van der Waals surface area contributed by atoms with Crippen molar-refractivity contribution in [2.24, 2.45) is 0 Å². The van der Waals surface area contributed by atoms with Gasteiger partial charge in [-0.1, -0.05) is 50.5 Å². The van der Waals surface area contributed by atoms with Gasteiger partial charge in [0.25, 0.3) is 5.56 Å². The van der Waals surface area contributed by atoms with Crippen molar-refractivity contribution < 1.29 is 13.9 Å². The zero-order valence-electron chi connectivity index (χ0n) is 23.4. The topological polar surface area (TPSA) is 104 Å². The monoisotopic (exact) mass is 549 g/mol. The van der Waals surface area contributed by atoms with Gasteiger partial charge in [-0.25, -0.2) is 9.97 Å². The van der Waals surface area contributed by atoms with Crippen LogP contribution in [-0.2, 0) is 24.4 Å². The van der Waals surface area contributed by atoms with Crippen LogP contribution in [0.5, 0.6) is 0 Å². The smallest absolute Gasteiger partial charge is 0.301 e. The van der Waals surface area contributed by atoms with Crippen LogP contribution in [-0.4, -0.2) is 25.2 Å². The molecule has 0 aliphatic heterocycles. The number of fused-ring (bicyclic) bond motifs is 1. The molecular formula is C31H37F2N5O2. The van der Waals surface area contributed by atoms with E-state index in [-0.39, 0.29) is 24.1 Å². The molecule has 0 spiro atoms.